The quantitative estimate of drug-likeness (QED) is 0.653. The Bertz CT molecular complexity index is 416. The van der Waals surface area contributed by atoms with Crippen LogP contribution in [0.3, 0.4) is 0 Å². The molecule has 1 unspecified atom stereocenters. The van der Waals surface area contributed by atoms with Gasteiger partial charge in [0.05, 0.1) is 4.47 Å². The number of piperidine rings is 1. The first-order valence-corrected chi connectivity index (χ1v) is 7.99. The van der Waals surface area contributed by atoms with Crippen molar-refractivity contribution in [2.45, 2.75) is 38.6 Å². The summed E-state index contributed by atoms with van der Waals surface area (Å²) in [6.45, 7) is 5.61. The molecule has 0 spiro atoms. The molecular formula is C13H20BrClN4. The maximum absolute atomic E-state index is 5.92. The standard InChI is InChI=1S/C13H20BrClN4/c1-10-5-2-3-7-19(10)8-4-6-16-13-11(14)12(15)17-9-18-13/h9-10H,2-8H2,1H3,(H,16,17,18). The van der Waals surface area contributed by atoms with Crippen LogP contribution in [-0.4, -0.2) is 40.5 Å². The molecule has 1 fully saturated rings. The molecule has 1 N–H and O–H groups in total. The summed E-state index contributed by atoms with van der Waals surface area (Å²) in [5.74, 6) is 0.770. The van der Waals surface area contributed by atoms with Gasteiger partial charge in [-0.3, -0.25) is 0 Å². The van der Waals surface area contributed by atoms with E-state index in [1.54, 1.807) is 0 Å². The normalized spacial score (nSPS) is 20.5. The van der Waals surface area contributed by atoms with E-state index >= 15 is 0 Å². The highest BCUT2D eigenvalue weighted by atomic mass is 79.9. The van der Waals surface area contributed by atoms with Crippen LogP contribution < -0.4 is 5.32 Å². The molecule has 1 aliphatic heterocycles. The summed E-state index contributed by atoms with van der Waals surface area (Å²) in [6, 6.07) is 0.731. The molecule has 0 aliphatic carbocycles. The van der Waals surface area contributed by atoms with E-state index in [0.717, 1.165) is 35.8 Å². The molecule has 1 atom stereocenters. The molecule has 2 heterocycles. The molecule has 0 aromatic carbocycles. The van der Waals surface area contributed by atoms with Crippen molar-refractivity contribution in [3.63, 3.8) is 0 Å². The van der Waals surface area contributed by atoms with Crippen molar-refractivity contribution in [1.82, 2.24) is 14.9 Å². The summed E-state index contributed by atoms with van der Waals surface area (Å²) < 4.78 is 0.739. The average molecular weight is 348 g/mol. The molecule has 4 nitrogen and oxygen atoms in total. The minimum absolute atomic E-state index is 0.446. The van der Waals surface area contributed by atoms with Gasteiger partial charge in [0.25, 0.3) is 0 Å². The lowest BCUT2D eigenvalue weighted by atomic mass is 10.0. The summed E-state index contributed by atoms with van der Waals surface area (Å²) >= 11 is 9.31. The van der Waals surface area contributed by atoms with Crippen LogP contribution in [-0.2, 0) is 0 Å². The lowest BCUT2D eigenvalue weighted by molar-refractivity contribution is 0.160. The Labute approximate surface area is 128 Å². The lowest BCUT2D eigenvalue weighted by Crippen LogP contribution is -2.38. The van der Waals surface area contributed by atoms with Gasteiger partial charge in [-0.15, -0.1) is 0 Å². The highest BCUT2D eigenvalue weighted by Gasteiger charge is 2.17. The van der Waals surface area contributed by atoms with E-state index in [-0.39, 0.29) is 0 Å². The minimum Gasteiger partial charge on any atom is -0.369 e. The molecule has 2 rings (SSSR count). The first-order valence-electron chi connectivity index (χ1n) is 6.82. The van der Waals surface area contributed by atoms with Gasteiger partial charge in [0.1, 0.15) is 17.3 Å². The van der Waals surface area contributed by atoms with Crippen molar-refractivity contribution in [3.05, 3.63) is 16.0 Å². The second-order valence-electron chi connectivity index (χ2n) is 4.99. The molecule has 0 radical (unpaired) electrons. The Morgan fingerprint density at radius 1 is 1.47 bits per heavy atom. The molecule has 1 aromatic heterocycles. The number of hydrogen-bond donors (Lipinski definition) is 1. The van der Waals surface area contributed by atoms with Gasteiger partial charge in [0, 0.05) is 19.1 Å². The van der Waals surface area contributed by atoms with Gasteiger partial charge in [0.2, 0.25) is 0 Å². The number of rotatable bonds is 5. The number of likely N-dealkylation sites (tertiary alicyclic amines) is 1. The van der Waals surface area contributed by atoms with E-state index in [4.69, 9.17) is 11.6 Å². The zero-order valence-electron chi connectivity index (χ0n) is 11.2. The Morgan fingerprint density at radius 2 is 2.32 bits per heavy atom. The van der Waals surface area contributed by atoms with E-state index < -0.39 is 0 Å². The largest absolute Gasteiger partial charge is 0.369 e. The fraction of sp³-hybridized carbons (Fsp3) is 0.692. The Balaban J connectivity index is 1.73. The average Bonchev–Trinajstić information content (AvgIpc) is 2.41. The van der Waals surface area contributed by atoms with E-state index in [1.165, 1.54) is 32.1 Å². The summed E-state index contributed by atoms with van der Waals surface area (Å²) in [4.78, 5) is 10.7. The molecule has 1 aliphatic rings. The van der Waals surface area contributed by atoms with Crippen LogP contribution in [0, 0.1) is 0 Å². The second kappa shape index (κ2) is 7.41. The number of nitrogens with zero attached hydrogens (tertiary/aromatic N) is 3. The molecule has 0 saturated carbocycles. The zero-order chi connectivity index (χ0) is 13.7. The van der Waals surface area contributed by atoms with Crippen LogP contribution in [0.5, 0.6) is 0 Å². The predicted molar refractivity (Wildman–Crippen MR) is 82.7 cm³/mol. The van der Waals surface area contributed by atoms with Gasteiger partial charge >= 0.3 is 0 Å². The van der Waals surface area contributed by atoms with E-state index in [0.29, 0.717) is 5.15 Å². The third kappa shape index (κ3) is 4.29. The van der Waals surface area contributed by atoms with Crippen LogP contribution in [0.4, 0.5) is 5.82 Å². The van der Waals surface area contributed by atoms with Crippen LogP contribution in [0.15, 0.2) is 10.8 Å². The van der Waals surface area contributed by atoms with E-state index in [1.807, 2.05) is 0 Å². The molecule has 106 valence electrons. The number of hydrogen-bond acceptors (Lipinski definition) is 4. The summed E-state index contributed by atoms with van der Waals surface area (Å²) in [5, 5.41) is 3.75. The molecule has 6 heteroatoms. The van der Waals surface area contributed by atoms with Crippen LogP contribution in [0.1, 0.15) is 32.6 Å². The maximum atomic E-state index is 5.92. The first kappa shape index (κ1) is 15.0. The molecular weight excluding hydrogens is 328 g/mol. The Hall–Kier alpha value is -0.390. The molecule has 0 amide bonds. The number of halogens is 2. The van der Waals surface area contributed by atoms with Crippen molar-refractivity contribution >= 4 is 33.3 Å². The predicted octanol–water partition coefficient (Wildman–Crippen LogP) is 3.57. The summed E-state index contributed by atoms with van der Waals surface area (Å²) in [6.07, 6.45) is 6.63. The lowest BCUT2D eigenvalue weighted by Gasteiger charge is -2.33. The van der Waals surface area contributed by atoms with Gasteiger partial charge in [-0.2, -0.15) is 0 Å². The van der Waals surface area contributed by atoms with Crippen molar-refractivity contribution in [2.75, 3.05) is 25.0 Å². The fourth-order valence-electron chi connectivity index (χ4n) is 2.45. The van der Waals surface area contributed by atoms with Gasteiger partial charge in [0.15, 0.2) is 0 Å². The minimum atomic E-state index is 0.446. The maximum Gasteiger partial charge on any atom is 0.148 e. The second-order valence-corrected chi connectivity index (χ2v) is 6.14. The van der Waals surface area contributed by atoms with Crippen molar-refractivity contribution in [3.8, 4) is 0 Å². The van der Waals surface area contributed by atoms with Gasteiger partial charge in [-0.25, -0.2) is 9.97 Å². The van der Waals surface area contributed by atoms with Crippen LogP contribution in [0.25, 0.3) is 0 Å². The summed E-state index contributed by atoms with van der Waals surface area (Å²) in [5.41, 5.74) is 0. The molecule has 0 bridgehead atoms. The smallest absolute Gasteiger partial charge is 0.148 e. The Kier molecular flexibility index (Phi) is 5.85. The third-order valence-electron chi connectivity index (χ3n) is 3.60. The monoisotopic (exact) mass is 346 g/mol. The van der Waals surface area contributed by atoms with Crippen molar-refractivity contribution < 1.29 is 0 Å². The number of anilines is 1. The van der Waals surface area contributed by atoms with Gasteiger partial charge in [-0.1, -0.05) is 18.0 Å². The molecule has 1 aromatic rings. The SMILES string of the molecule is CC1CCCCN1CCCNc1ncnc(Cl)c1Br. The van der Waals surface area contributed by atoms with Crippen molar-refractivity contribution in [2.24, 2.45) is 0 Å². The highest BCUT2D eigenvalue weighted by Crippen LogP contribution is 2.25. The topological polar surface area (TPSA) is 41.0 Å². The van der Waals surface area contributed by atoms with Gasteiger partial charge < -0.3 is 10.2 Å². The highest BCUT2D eigenvalue weighted by molar-refractivity contribution is 9.10. The van der Waals surface area contributed by atoms with E-state index in [2.05, 4.69) is 43.0 Å². The van der Waals surface area contributed by atoms with Crippen LogP contribution >= 0.6 is 27.5 Å². The number of nitrogens with one attached hydrogen (secondary N) is 1. The molecule has 1 saturated heterocycles. The number of aromatic nitrogens is 2. The molecule has 19 heavy (non-hydrogen) atoms. The van der Waals surface area contributed by atoms with E-state index in [9.17, 15) is 0 Å². The fourth-order valence-corrected chi connectivity index (χ4v) is 2.93. The van der Waals surface area contributed by atoms with Gasteiger partial charge in [-0.05, 0) is 48.7 Å². The summed E-state index contributed by atoms with van der Waals surface area (Å²) in [7, 11) is 0. The third-order valence-corrected chi connectivity index (χ3v) is 4.87. The van der Waals surface area contributed by atoms with Crippen molar-refractivity contribution in [1.29, 1.82) is 0 Å². The first-order chi connectivity index (χ1) is 9.18. The Morgan fingerprint density at radius 3 is 3.11 bits per heavy atom. The van der Waals surface area contributed by atoms with Crippen LogP contribution in [0.2, 0.25) is 5.15 Å². The zero-order valence-corrected chi connectivity index (χ0v) is 13.5.